The highest BCUT2D eigenvalue weighted by molar-refractivity contribution is 5.93. The van der Waals surface area contributed by atoms with E-state index in [0.29, 0.717) is 42.2 Å². The topological polar surface area (TPSA) is 119 Å². The summed E-state index contributed by atoms with van der Waals surface area (Å²) in [4.78, 5) is 37.4. The molecule has 2 fully saturated rings. The molecular formula is C26H28N8O2. The van der Waals surface area contributed by atoms with Crippen LogP contribution in [0.2, 0.25) is 0 Å². The van der Waals surface area contributed by atoms with Gasteiger partial charge in [-0.1, -0.05) is 24.1 Å². The molecule has 2 aromatic heterocycles. The summed E-state index contributed by atoms with van der Waals surface area (Å²) in [6, 6.07) is 11.2. The number of anilines is 3. The molecular weight excluding hydrogens is 456 g/mol. The average Bonchev–Trinajstić information content (AvgIpc) is 3.66. The first-order chi connectivity index (χ1) is 17.6. The molecule has 5 rings (SSSR count). The molecule has 0 radical (unpaired) electrons. The molecule has 0 atom stereocenters. The third-order valence-electron chi connectivity index (χ3n) is 6.32. The zero-order valence-corrected chi connectivity index (χ0v) is 19.9. The molecule has 1 aromatic carbocycles. The number of aromatic amines is 1. The van der Waals surface area contributed by atoms with Crippen molar-refractivity contribution in [2.45, 2.75) is 25.3 Å². The van der Waals surface area contributed by atoms with Crippen LogP contribution in [0.1, 0.15) is 50.9 Å². The Hall–Kier alpha value is -4.23. The monoisotopic (exact) mass is 484 g/mol. The molecule has 1 amide bonds. The molecule has 3 N–H and O–H groups in total. The standard InChI is InChI=1S/C26H28N8O2/c1-2-8-27-25(36)22-15-23(29-24-14-21(31-32-24)20-6-7-20)30-26(28-22)34-11-9-33(10-12-34)16-18-4-3-5-19(13-18)17-35/h1,3-5,13-15,17,20H,6-12,16H2,(H,27,36)(H2,28,29,30,31,32). The van der Waals surface area contributed by atoms with Gasteiger partial charge in [0, 0.05) is 62.0 Å². The summed E-state index contributed by atoms with van der Waals surface area (Å²) in [5, 5.41) is 13.3. The maximum absolute atomic E-state index is 12.7. The Morgan fingerprint density at radius 1 is 1.14 bits per heavy atom. The first-order valence-corrected chi connectivity index (χ1v) is 12.1. The van der Waals surface area contributed by atoms with Gasteiger partial charge in [0.1, 0.15) is 17.8 Å². The van der Waals surface area contributed by atoms with Gasteiger partial charge in [0.05, 0.1) is 6.54 Å². The van der Waals surface area contributed by atoms with Crippen molar-refractivity contribution < 1.29 is 9.59 Å². The third kappa shape index (κ3) is 5.70. The number of hydrogen-bond acceptors (Lipinski definition) is 8. The first kappa shape index (κ1) is 23.5. The summed E-state index contributed by atoms with van der Waals surface area (Å²) in [5.74, 6) is 4.23. The van der Waals surface area contributed by atoms with Crippen LogP contribution in [0, 0.1) is 12.3 Å². The Bertz CT molecular complexity index is 1290. The fourth-order valence-corrected chi connectivity index (χ4v) is 4.24. The summed E-state index contributed by atoms with van der Waals surface area (Å²) in [6.07, 6.45) is 8.51. The second-order valence-electron chi connectivity index (χ2n) is 9.06. The van der Waals surface area contributed by atoms with Gasteiger partial charge in [-0.2, -0.15) is 10.1 Å². The Kier molecular flexibility index (Phi) is 6.91. The van der Waals surface area contributed by atoms with E-state index in [1.165, 1.54) is 12.8 Å². The number of nitrogens with one attached hydrogen (secondary N) is 3. The van der Waals surface area contributed by atoms with Gasteiger partial charge in [-0.25, -0.2) is 4.98 Å². The van der Waals surface area contributed by atoms with Crippen LogP contribution in [0.15, 0.2) is 36.4 Å². The summed E-state index contributed by atoms with van der Waals surface area (Å²) >= 11 is 0. The maximum atomic E-state index is 12.7. The van der Waals surface area contributed by atoms with Crippen LogP contribution in [0.3, 0.4) is 0 Å². The van der Waals surface area contributed by atoms with Crippen molar-refractivity contribution in [3.63, 3.8) is 0 Å². The number of rotatable bonds is 9. The fraction of sp³-hybridized carbons (Fsp3) is 0.346. The summed E-state index contributed by atoms with van der Waals surface area (Å²) in [6.45, 7) is 3.90. The van der Waals surface area contributed by atoms with Gasteiger partial charge >= 0.3 is 0 Å². The second-order valence-corrected chi connectivity index (χ2v) is 9.06. The molecule has 1 saturated heterocycles. The van der Waals surface area contributed by atoms with E-state index >= 15 is 0 Å². The van der Waals surface area contributed by atoms with Crippen LogP contribution in [-0.2, 0) is 6.54 Å². The molecule has 1 aliphatic carbocycles. The molecule has 3 aromatic rings. The van der Waals surface area contributed by atoms with Gasteiger partial charge in [0.2, 0.25) is 5.95 Å². The van der Waals surface area contributed by atoms with Crippen molar-refractivity contribution >= 4 is 29.8 Å². The van der Waals surface area contributed by atoms with Crippen molar-refractivity contribution in [1.82, 2.24) is 30.4 Å². The lowest BCUT2D eigenvalue weighted by molar-refractivity contribution is 0.0953. The van der Waals surface area contributed by atoms with Crippen LogP contribution in [-0.4, -0.2) is 70.0 Å². The van der Waals surface area contributed by atoms with Gasteiger partial charge in [-0.15, -0.1) is 6.42 Å². The predicted octanol–water partition coefficient (Wildman–Crippen LogP) is 2.32. The van der Waals surface area contributed by atoms with E-state index in [1.54, 1.807) is 12.1 Å². The van der Waals surface area contributed by atoms with Crippen molar-refractivity contribution in [3.05, 3.63) is 58.9 Å². The van der Waals surface area contributed by atoms with Gasteiger partial charge < -0.3 is 15.5 Å². The lowest BCUT2D eigenvalue weighted by atomic mass is 10.1. The number of aromatic nitrogens is 4. The first-order valence-electron chi connectivity index (χ1n) is 12.1. The molecule has 2 aliphatic rings. The molecule has 3 heterocycles. The van der Waals surface area contributed by atoms with E-state index in [0.717, 1.165) is 37.2 Å². The van der Waals surface area contributed by atoms with Gasteiger partial charge in [-0.05, 0) is 24.5 Å². The highest BCUT2D eigenvalue weighted by Gasteiger charge is 2.26. The Balaban J connectivity index is 1.30. The zero-order chi connectivity index (χ0) is 24.9. The SMILES string of the molecule is C#CCNC(=O)c1cc(Nc2cc(C3CC3)[nH]n2)nc(N2CCN(Cc3cccc(C=O)c3)CC2)n1. The molecule has 1 saturated carbocycles. The van der Waals surface area contributed by atoms with E-state index in [-0.39, 0.29) is 18.1 Å². The Morgan fingerprint density at radius 3 is 2.72 bits per heavy atom. The Morgan fingerprint density at radius 2 is 1.97 bits per heavy atom. The smallest absolute Gasteiger partial charge is 0.270 e. The normalized spacial score (nSPS) is 15.8. The van der Waals surface area contributed by atoms with Gasteiger partial charge in [-0.3, -0.25) is 19.6 Å². The molecule has 36 heavy (non-hydrogen) atoms. The summed E-state index contributed by atoms with van der Waals surface area (Å²) in [7, 11) is 0. The Labute approximate surface area is 209 Å². The van der Waals surface area contributed by atoms with Crippen molar-refractivity contribution in [1.29, 1.82) is 0 Å². The van der Waals surface area contributed by atoms with Crippen molar-refractivity contribution in [2.24, 2.45) is 0 Å². The van der Waals surface area contributed by atoms with Crippen molar-refractivity contribution in [3.8, 4) is 12.3 Å². The summed E-state index contributed by atoms with van der Waals surface area (Å²) < 4.78 is 0. The highest BCUT2D eigenvalue weighted by Crippen LogP contribution is 2.39. The number of carbonyl (C=O) groups excluding carboxylic acids is 2. The maximum Gasteiger partial charge on any atom is 0.270 e. The van der Waals surface area contributed by atoms with Crippen LogP contribution < -0.4 is 15.5 Å². The minimum absolute atomic E-state index is 0.120. The molecule has 10 nitrogen and oxygen atoms in total. The second kappa shape index (κ2) is 10.6. The predicted molar refractivity (Wildman–Crippen MR) is 136 cm³/mol. The minimum atomic E-state index is -0.353. The molecule has 10 heteroatoms. The molecule has 184 valence electrons. The minimum Gasteiger partial charge on any atom is -0.340 e. The van der Waals surface area contributed by atoms with Gasteiger partial charge in [0.25, 0.3) is 5.91 Å². The number of nitrogens with zero attached hydrogens (tertiary/aromatic N) is 5. The number of H-pyrrole nitrogens is 1. The number of amides is 1. The number of carbonyl (C=O) groups is 2. The van der Waals surface area contributed by atoms with Crippen LogP contribution >= 0.6 is 0 Å². The number of piperazine rings is 1. The number of terminal acetylenes is 1. The number of hydrogen-bond donors (Lipinski definition) is 3. The van der Waals surface area contributed by atoms with E-state index in [4.69, 9.17) is 6.42 Å². The van der Waals surface area contributed by atoms with Crippen LogP contribution in [0.5, 0.6) is 0 Å². The van der Waals surface area contributed by atoms with E-state index < -0.39 is 0 Å². The highest BCUT2D eigenvalue weighted by atomic mass is 16.1. The number of benzene rings is 1. The zero-order valence-electron chi connectivity index (χ0n) is 19.9. The van der Waals surface area contributed by atoms with Crippen LogP contribution in [0.25, 0.3) is 0 Å². The molecule has 0 bridgehead atoms. The molecule has 1 aliphatic heterocycles. The number of aldehydes is 1. The fourth-order valence-electron chi connectivity index (χ4n) is 4.24. The van der Waals surface area contributed by atoms with Gasteiger partial charge in [0.15, 0.2) is 5.82 Å². The quantitative estimate of drug-likeness (QED) is 0.313. The molecule has 0 unspecified atom stereocenters. The third-order valence-corrected chi connectivity index (χ3v) is 6.32. The van der Waals surface area contributed by atoms with E-state index in [2.05, 4.69) is 46.5 Å². The lowest BCUT2D eigenvalue weighted by Gasteiger charge is -2.35. The largest absolute Gasteiger partial charge is 0.340 e. The van der Waals surface area contributed by atoms with Crippen molar-refractivity contribution in [2.75, 3.05) is 42.9 Å². The van der Waals surface area contributed by atoms with Crippen LogP contribution in [0.4, 0.5) is 17.6 Å². The van der Waals surface area contributed by atoms with E-state index in [9.17, 15) is 9.59 Å². The average molecular weight is 485 g/mol. The lowest BCUT2D eigenvalue weighted by Crippen LogP contribution is -2.46. The molecule has 0 spiro atoms. The van der Waals surface area contributed by atoms with E-state index in [1.807, 2.05) is 24.3 Å². The summed E-state index contributed by atoms with van der Waals surface area (Å²) in [5.41, 5.74) is 3.13.